The van der Waals surface area contributed by atoms with E-state index in [2.05, 4.69) is 220 Å². The van der Waals surface area contributed by atoms with E-state index in [-0.39, 0.29) is 0 Å². The SMILES string of the molecule is COc1ccc(N(c2ccc(C=C(c3ccccc3)c3ccccc3)cc2)c2ccc(C=C(c3ccc(C)cc3)c3ccc(C)cc3)c3ccccc23)c(C)c1. The molecule has 0 saturated heterocycles. The summed E-state index contributed by atoms with van der Waals surface area (Å²) in [6, 6.07) is 67.5. The highest BCUT2D eigenvalue weighted by Gasteiger charge is 2.19. The highest BCUT2D eigenvalue weighted by atomic mass is 16.5. The van der Waals surface area contributed by atoms with E-state index in [0.717, 1.165) is 33.9 Å². The molecule has 8 aromatic carbocycles. The zero-order valence-electron chi connectivity index (χ0n) is 32.4. The molecule has 0 heterocycles. The lowest BCUT2D eigenvalue weighted by atomic mass is 9.92. The number of fused-ring (bicyclic) bond motifs is 1. The average Bonchev–Trinajstić information content (AvgIpc) is 3.25. The first-order valence-corrected chi connectivity index (χ1v) is 19.2. The molecule has 0 amide bonds. The van der Waals surface area contributed by atoms with Crippen molar-refractivity contribution in [3.63, 3.8) is 0 Å². The van der Waals surface area contributed by atoms with Crippen molar-refractivity contribution in [2.75, 3.05) is 12.0 Å². The number of anilines is 3. The van der Waals surface area contributed by atoms with Crippen LogP contribution in [0.5, 0.6) is 5.75 Å². The summed E-state index contributed by atoms with van der Waals surface area (Å²) in [5.74, 6) is 0.839. The van der Waals surface area contributed by atoms with Crippen LogP contribution in [0.3, 0.4) is 0 Å². The Labute approximate surface area is 331 Å². The molecular weight excluding hydrogens is 679 g/mol. The van der Waals surface area contributed by atoms with Crippen molar-refractivity contribution in [1.29, 1.82) is 0 Å². The lowest BCUT2D eigenvalue weighted by molar-refractivity contribution is 0.414. The van der Waals surface area contributed by atoms with Gasteiger partial charge >= 0.3 is 0 Å². The number of methoxy groups -OCH3 is 1. The van der Waals surface area contributed by atoms with E-state index < -0.39 is 0 Å². The maximum Gasteiger partial charge on any atom is 0.119 e. The molecule has 0 fully saturated rings. The predicted molar refractivity (Wildman–Crippen MR) is 239 cm³/mol. The van der Waals surface area contributed by atoms with Gasteiger partial charge < -0.3 is 9.64 Å². The first kappa shape index (κ1) is 36.1. The molecule has 272 valence electrons. The topological polar surface area (TPSA) is 12.5 Å². The quantitative estimate of drug-likeness (QED) is 0.130. The molecule has 0 aliphatic heterocycles. The summed E-state index contributed by atoms with van der Waals surface area (Å²) in [6.45, 7) is 6.43. The fourth-order valence-electron chi connectivity index (χ4n) is 7.45. The molecule has 2 nitrogen and oxygen atoms in total. The van der Waals surface area contributed by atoms with Crippen LogP contribution in [-0.2, 0) is 0 Å². The number of rotatable bonds is 10. The van der Waals surface area contributed by atoms with Crippen molar-refractivity contribution in [3.8, 4) is 5.75 Å². The summed E-state index contributed by atoms with van der Waals surface area (Å²) in [6.07, 6.45) is 4.64. The van der Waals surface area contributed by atoms with Gasteiger partial charge in [-0.15, -0.1) is 0 Å². The number of ether oxygens (including phenoxy) is 1. The summed E-state index contributed by atoms with van der Waals surface area (Å²) in [7, 11) is 1.72. The van der Waals surface area contributed by atoms with Gasteiger partial charge in [0.25, 0.3) is 0 Å². The van der Waals surface area contributed by atoms with Crippen molar-refractivity contribution >= 4 is 51.1 Å². The molecule has 0 atom stereocenters. The number of nitrogens with zero attached hydrogens (tertiary/aromatic N) is 1. The van der Waals surface area contributed by atoms with E-state index >= 15 is 0 Å². The summed E-state index contributed by atoms with van der Waals surface area (Å²) in [5.41, 5.74) is 16.3. The summed E-state index contributed by atoms with van der Waals surface area (Å²) < 4.78 is 5.64. The third-order valence-electron chi connectivity index (χ3n) is 10.5. The molecule has 8 rings (SSSR count). The van der Waals surface area contributed by atoms with Crippen molar-refractivity contribution in [2.45, 2.75) is 20.8 Å². The van der Waals surface area contributed by atoms with Gasteiger partial charge in [-0.2, -0.15) is 0 Å². The summed E-state index contributed by atoms with van der Waals surface area (Å²) in [5, 5.41) is 2.36. The smallest absolute Gasteiger partial charge is 0.119 e. The number of hydrogen-bond donors (Lipinski definition) is 0. The molecule has 0 aromatic heterocycles. The lowest BCUT2D eigenvalue weighted by Gasteiger charge is -2.29. The largest absolute Gasteiger partial charge is 0.497 e. The van der Waals surface area contributed by atoms with Gasteiger partial charge in [0.1, 0.15) is 5.75 Å². The molecule has 56 heavy (non-hydrogen) atoms. The van der Waals surface area contributed by atoms with E-state index in [0.29, 0.717) is 0 Å². The Hall–Kier alpha value is -6.90. The average molecular weight is 724 g/mol. The lowest BCUT2D eigenvalue weighted by Crippen LogP contribution is -2.12. The van der Waals surface area contributed by atoms with E-state index in [1.54, 1.807) is 7.11 Å². The minimum Gasteiger partial charge on any atom is -0.497 e. The Kier molecular flexibility index (Phi) is 10.5. The summed E-state index contributed by atoms with van der Waals surface area (Å²) in [4.78, 5) is 2.38. The Balaban J connectivity index is 1.27. The monoisotopic (exact) mass is 723 g/mol. The van der Waals surface area contributed by atoms with Gasteiger partial charge in [0.15, 0.2) is 0 Å². The standard InChI is InChI=1S/C54H45NO/c1-38-19-25-44(26-20-38)52(45-27-21-39(2)22-28-45)37-46-29-33-54(50-18-12-11-17-49(46)50)55(53-34-32-48(56-4)35-40(53)3)47-30-23-41(24-31-47)36-51(42-13-7-5-8-14-42)43-15-9-6-10-16-43/h5-37H,1-4H3. The van der Waals surface area contributed by atoms with Gasteiger partial charge in [0, 0.05) is 16.8 Å². The Morgan fingerprint density at radius 2 is 0.946 bits per heavy atom. The highest BCUT2D eigenvalue weighted by Crippen LogP contribution is 2.43. The fraction of sp³-hybridized carbons (Fsp3) is 0.0741. The van der Waals surface area contributed by atoms with Crippen LogP contribution in [0.4, 0.5) is 17.1 Å². The zero-order chi connectivity index (χ0) is 38.4. The molecule has 0 aliphatic rings. The summed E-state index contributed by atoms with van der Waals surface area (Å²) >= 11 is 0. The van der Waals surface area contributed by atoms with Crippen molar-refractivity contribution < 1.29 is 4.74 Å². The molecule has 0 radical (unpaired) electrons. The first-order chi connectivity index (χ1) is 27.4. The van der Waals surface area contributed by atoms with Crippen LogP contribution < -0.4 is 9.64 Å². The molecule has 2 heteroatoms. The van der Waals surface area contributed by atoms with E-state index in [1.165, 1.54) is 60.9 Å². The second-order valence-corrected chi connectivity index (χ2v) is 14.4. The molecule has 0 spiro atoms. The molecule has 0 bridgehead atoms. The normalized spacial score (nSPS) is 10.9. The van der Waals surface area contributed by atoms with Crippen LogP contribution in [0.1, 0.15) is 50.1 Å². The molecule has 0 saturated carbocycles. The second kappa shape index (κ2) is 16.2. The fourth-order valence-corrected chi connectivity index (χ4v) is 7.45. The van der Waals surface area contributed by atoms with Crippen LogP contribution in [0.15, 0.2) is 188 Å². The predicted octanol–water partition coefficient (Wildman–Crippen LogP) is 14.4. The van der Waals surface area contributed by atoms with Crippen LogP contribution in [0.25, 0.3) is 34.1 Å². The van der Waals surface area contributed by atoms with E-state index in [4.69, 9.17) is 4.74 Å². The molecule has 0 N–H and O–H groups in total. The van der Waals surface area contributed by atoms with Crippen molar-refractivity contribution in [3.05, 3.63) is 238 Å². The van der Waals surface area contributed by atoms with Gasteiger partial charge in [-0.05, 0) is 125 Å². The highest BCUT2D eigenvalue weighted by molar-refractivity contribution is 6.06. The third-order valence-corrected chi connectivity index (χ3v) is 10.5. The number of aryl methyl sites for hydroxylation is 3. The van der Waals surface area contributed by atoms with Gasteiger partial charge in [0.2, 0.25) is 0 Å². The first-order valence-electron chi connectivity index (χ1n) is 19.2. The van der Waals surface area contributed by atoms with Gasteiger partial charge in [-0.25, -0.2) is 0 Å². The number of hydrogen-bond acceptors (Lipinski definition) is 2. The van der Waals surface area contributed by atoms with Crippen LogP contribution in [-0.4, -0.2) is 7.11 Å². The molecule has 0 aliphatic carbocycles. The van der Waals surface area contributed by atoms with Crippen LogP contribution in [0, 0.1) is 20.8 Å². The minimum atomic E-state index is 0.839. The minimum absolute atomic E-state index is 0.839. The maximum absolute atomic E-state index is 5.64. The van der Waals surface area contributed by atoms with Gasteiger partial charge in [-0.3, -0.25) is 0 Å². The van der Waals surface area contributed by atoms with Crippen molar-refractivity contribution in [2.24, 2.45) is 0 Å². The Morgan fingerprint density at radius 3 is 1.50 bits per heavy atom. The Bertz CT molecular complexity index is 2560. The maximum atomic E-state index is 5.64. The van der Waals surface area contributed by atoms with Crippen molar-refractivity contribution in [1.82, 2.24) is 0 Å². The molecule has 0 unspecified atom stereocenters. The second-order valence-electron chi connectivity index (χ2n) is 14.4. The Morgan fingerprint density at radius 1 is 0.446 bits per heavy atom. The molecular formula is C54H45NO. The van der Waals surface area contributed by atoms with Gasteiger partial charge in [0.05, 0.1) is 12.8 Å². The van der Waals surface area contributed by atoms with Crippen LogP contribution >= 0.6 is 0 Å². The molecule has 8 aromatic rings. The van der Waals surface area contributed by atoms with Crippen LogP contribution in [0.2, 0.25) is 0 Å². The zero-order valence-corrected chi connectivity index (χ0v) is 32.4. The van der Waals surface area contributed by atoms with E-state index in [1.807, 2.05) is 6.07 Å². The number of benzene rings is 8. The third kappa shape index (κ3) is 7.69. The van der Waals surface area contributed by atoms with E-state index in [9.17, 15) is 0 Å². The van der Waals surface area contributed by atoms with Gasteiger partial charge in [-0.1, -0.05) is 163 Å².